The summed E-state index contributed by atoms with van der Waals surface area (Å²) in [6, 6.07) is 0. The van der Waals surface area contributed by atoms with E-state index in [9.17, 15) is 8.42 Å². The van der Waals surface area contributed by atoms with Crippen LogP contribution in [-0.4, -0.2) is 44.2 Å². The predicted molar refractivity (Wildman–Crippen MR) is 83.8 cm³/mol. The van der Waals surface area contributed by atoms with E-state index in [1.807, 2.05) is 0 Å². The van der Waals surface area contributed by atoms with Crippen LogP contribution in [0.15, 0.2) is 0 Å². The molecule has 4 nitrogen and oxygen atoms in total. The molecule has 0 radical (unpaired) electrons. The van der Waals surface area contributed by atoms with Crippen LogP contribution in [0.3, 0.4) is 0 Å². The van der Waals surface area contributed by atoms with Gasteiger partial charge in [-0.15, -0.1) is 0 Å². The molecule has 1 heterocycles. The second-order valence-corrected chi connectivity index (χ2v) is 10.9. The molecule has 1 aliphatic heterocycles. The van der Waals surface area contributed by atoms with Crippen LogP contribution in [0.25, 0.3) is 0 Å². The molecule has 5 heteroatoms. The van der Waals surface area contributed by atoms with Crippen molar-refractivity contribution in [2.75, 3.05) is 25.5 Å². The maximum Gasteiger partial charge on any atom is 0.155 e. The highest BCUT2D eigenvalue weighted by Gasteiger charge is 2.38. The Balaban J connectivity index is 2.69. The van der Waals surface area contributed by atoms with E-state index >= 15 is 0 Å². The molecule has 1 fully saturated rings. The Morgan fingerprint density at radius 1 is 1.15 bits per heavy atom. The molecule has 0 aromatic carbocycles. The highest BCUT2D eigenvalue weighted by atomic mass is 32.2. The zero-order valence-electron chi connectivity index (χ0n) is 13.9. The second-order valence-electron chi connectivity index (χ2n) is 8.09. The maximum atomic E-state index is 12.3. The molecule has 0 aliphatic carbocycles. The van der Waals surface area contributed by atoms with Crippen LogP contribution in [0.4, 0.5) is 0 Å². The summed E-state index contributed by atoms with van der Waals surface area (Å²) in [7, 11) is -3.06. The van der Waals surface area contributed by atoms with Crippen LogP contribution >= 0.6 is 0 Å². The van der Waals surface area contributed by atoms with Gasteiger partial charge in [0.05, 0.1) is 17.1 Å². The SMILES string of the molecule is CC(C)(C)NCC1(CCS(=O)(=O)C(C)(C)C)CCOC1. The predicted octanol–water partition coefficient (Wildman–Crippen LogP) is 2.38. The first kappa shape index (κ1) is 17.9. The number of hydrogen-bond donors (Lipinski definition) is 1. The molecule has 0 spiro atoms. The molecule has 120 valence electrons. The third-order valence-corrected chi connectivity index (χ3v) is 6.62. The lowest BCUT2D eigenvalue weighted by molar-refractivity contribution is 0.142. The van der Waals surface area contributed by atoms with Crippen molar-refractivity contribution in [1.82, 2.24) is 5.32 Å². The lowest BCUT2D eigenvalue weighted by Crippen LogP contribution is -2.45. The topological polar surface area (TPSA) is 55.4 Å². The third-order valence-electron chi connectivity index (χ3n) is 4.01. The van der Waals surface area contributed by atoms with Gasteiger partial charge in [-0.3, -0.25) is 0 Å². The van der Waals surface area contributed by atoms with Crippen molar-refractivity contribution in [3.63, 3.8) is 0 Å². The van der Waals surface area contributed by atoms with Gasteiger partial charge in [0.2, 0.25) is 0 Å². The molecule has 1 aliphatic rings. The molecule has 0 bridgehead atoms. The first-order valence-electron chi connectivity index (χ1n) is 7.42. The fourth-order valence-electron chi connectivity index (χ4n) is 2.18. The Bertz CT molecular complexity index is 409. The van der Waals surface area contributed by atoms with Gasteiger partial charge in [-0.05, 0) is 54.4 Å². The number of ether oxygens (including phenoxy) is 1. The maximum absolute atomic E-state index is 12.3. The van der Waals surface area contributed by atoms with Crippen molar-refractivity contribution in [1.29, 1.82) is 0 Å². The molecule has 0 saturated carbocycles. The Kier molecular flexibility index (Phi) is 5.32. The lowest BCUT2D eigenvalue weighted by atomic mass is 9.83. The van der Waals surface area contributed by atoms with Gasteiger partial charge in [0.25, 0.3) is 0 Å². The number of rotatable bonds is 5. The van der Waals surface area contributed by atoms with E-state index in [4.69, 9.17) is 4.74 Å². The summed E-state index contributed by atoms with van der Waals surface area (Å²) in [4.78, 5) is 0. The third kappa shape index (κ3) is 5.01. The Hall–Kier alpha value is -0.130. The molecule has 1 saturated heterocycles. The van der Waals surface area contributed by atoms with Crippen LogP contribution in [0.5, 0.6) is 0 Å². The minimum atomic E-state index is -3.06. The van der Waals surface area contributed by atoms with Gasteiger partial charge in [-0.2, -0.15) is 0 Å². The minimum absolute atomic E-state index is 0.0361. The molecule has 0 aromatic rings. The van der Waals surface area contributed by atoms with Gasteiger partial charge < -0.3 is 10.1 Å². The molecule has 1 N–H and O–H groups in total. The molecule has 20 heavy (non-hydrogen) atoms. The van der Waals surface area contributed by atoms with Gasteiger partial charge in [0.15, 0.2) is 9.84 Å². The van der Waals surface area contributed by atoms with Crippen molar-refractivity contribution in [2.45, 2.75) is 64.7 Å². The lowest BCUT2D eigenvalue weighted by Gasteiger charge is -2.33. The summed E-state index contributed by atoms with van der Waals surface area (Å²) in [5.41, 5.74) is 0.00406. The first-order valence-corrected chi connectivity index (χ1v) is 9.07. The average Bonchev–Trinajstić information content (AvgIpc) is 2.71. The summed E-state index contributed by atoms with van der Waals surface area (Å²) >= 11 is 0. The van der Waals surface area contributed by atoms with Gasteiger partial charge in [-0.1, -0.05) is 0 Å². The van der Waals surface area contributed by atoms with Crippen molar-refractivity contribution >= 4 is 9.84 Å². The van der Waals surface area contributed by atoms with E-state index in [2.05, 4.69) is 26.1 Å². The molecule has 1 unspecified atom stereocenters. The fraction of sp³-hybridized carbons (Fsp3) is 1.00. The van der Waals surface area contributed by atoms with E-state index in [1.54, 1.807) is 20.8 Å². The van der Waals surface area contributed by atoms with E-state index < -0.39 is 14.6 Å². The molecular formula is C15H31NO3S. The summed E-state index contributed by atoms with van der Waals surface area (Å²) in [6.45, 7) is 13.9. The largest absolute Gasteiger partial charge is 0.381 e. The Morgan fingerprint density at radius 2 is 1.75 bits per heavy atom. The van der Waals surface area contributed by atoms with Gasteiger partial charge in [0.1, 0.15) is 0 Å². The van der Waals surface area contributed by atoms with Crippen molar-refractivity contribution < 1.29 is 13.2 Å². The van der Waals surface area contributed by atoms with E-state index in [1.165, 1.54) is 0 Å². The highest BCUT2D eigenvalue weighted by molar-refractivity contribution is 7.92. The standard InChI is InChI=1S/C15H31NO3S/c1-13(2,3)16-11-15(7-9-19-12-15)8-10-20(17,18)14(4,5)6/h16H,7-12H2,1-6H3. The van der Waals surface area contributed by atoms with Crippen LogP contribution < -0.4 is 5.32 Å². The molecular weight excluding hydrogens is 274 g/mol. The molecule has 1 atom stereocenters. The van der Waals surface area contributed by atoms with E-state index in [-0.39, 0.29) is 16.7 Å². The zero-order chi connectivity index (χ0) is 15.7. The van der Waals surface area contributed by atoms with Crippen LogP contribution in [-0.2, 0) is 14.6 Å². The molecule has 1 rings (SSSR count). The summed E-state index contributed by atoms with van der Waals surface area (Å²) in [5, 5.41) is 3.50. The van der Waals surface area contributed by atoms with Crippen LogP contribution in [0.2, 0.25) is 0 Å². The average molecular weight is 305 g/mol. The number of sulfone groups is 1. The zero-order valence-corrected chi connectivity index (χ0v) is 14.7. The Morgan fingerprint density at radius 3 is 2.15 bits per heavy atom. The van der Waals surface area contributed by atoms with Crippen molar-refractivity contribution in [3.05, 3.63) is 0 Å². The van der Waals surface area contributed by atoms with Gasteiger partial charge in [0, 0.05) is 24.1 Å². The van der Waals surface area contributed by atoms with Crippen molar-refractivity contribution in [3.8, 4) is 0 Å². The monoisotopic (exact) mass is 305 g/mol. The normalized spacial score (nSPS) is 25.1. The van der Waals surface area contributed by atoms with Crippen LogP contribution in [0.1, 0.15) is 54.4 Å². The van der Waals surface area contributed by atoms with E-state index in [0.717, 1.165) is 19.6 Å². The molecule has 0 aromatic heterocycles. The Labute approximate surface area is 124 Å². The van der Waals surface area contributed by atoms with Crippen LogP contribution in [0, 0.1) is 5.41 Å². The smallest absolute Gasteiger partial charge is 0.155 e. The fourth-order valence-corrected chi connectivity index (χ4v) is 3.50. The van der Waals surface area contributed by atoms with E-state index in [0.29, 0.717) is 13.0 Å². The summed E-state index contributed by atoms with van der Waals surface area (Å²) < 4.78 is 29.4. The highest BCUT2D eigenvalue weighted by Crippen LogP contribution is 2.34. The number of nitrogens with one attached hydrogen (secondary N) is 1. The van der Waals surface area contributed by atoms with Gasteiger partial charge >= 0.3 is 0 Å². The molecule has 0 amide bonds. The first-order chi connectivity index (χ1) is 8.87. The van der Waals surface area contributed by atoms with Gasteiger partial charge in [-0.25, -0.2) is 8.42 Å². The minimum Gasteiger partial charge on any atom is -0.381 e. The second kappa shape index (κ2) is 5.93. The summed E-state index contributed by atoms with van der Waals surface area (Å²) in [5.74, 6) is 0.242. The quantitative estimate of drug-likeness (QED) is 0.847. The summed E-state index contributed by atoms with van der Waals surface area (Å²) in [6.07, 6.45) is 1.62. The number of hydrogen-bond acceptors (Lipinski definition) is 4. The van der Waals surface area contributed by atoms with Crippen molar-refractivity contribution in [2.24, 2.45) is 5.41 Å².